The Morgan fingerprint density at radius 2 is 1.96 bits per heavy atom. The van der Waals surface area contributed by atoms with Gasteiger partial charge in [0.2, 0.25) is 5.91 Å². The van der Waals surface area contributed by atoms with E-state index in [-0.39, 0.29) is 24.6 Å². The van der Waals surface area contributed by atoms with E-state index in [2.05, 4.69) is 5.32 Å². The molecule has 0 fully saturated rings. The smallest absolute Gasteiger partial charge is 0.224 e. The molecule has 4 nitrogen and oxygen atoms in total. The zero-order chi connectivity index (χ0) is 16.7. The molecule has 2 aromatic carbocycles. The van der Waals surface area contributed by atoms with Gasteiger partial charge in [-0.3, -0.25) is 4.79 Å². The molecule has 0 saturated heterocycles. The molecule has 23 heavy (non-hydrogen) atoms. The molecule has 0 aliphatic carbocycles. The molecule has 2 aromatic rings. The predicted molar refractivity (Wildman–Crippen MR) is 86.1 cm³/mol. The fraction of sp³-hybridized carbons (Fsp3) is 0.278. The van der Waals surface area contributed by atoms with Gasteiger partial charge in [-0.15, -0.1) is 0 Å². The number of methoxy groups -OCH3 is 1. The van der Waals surface area contributed by atoms with Gasteiger partial charge in [0.25, 0.3) is 0 Å². The van der Waals surface area contributed by atoms with Crippen LogP contribution in [0.2, 0.25) is 0 Å². The minimum atomic E-state index is -0.427. The molecule has 122 valence electrons. The van der Waals surface area contributed by atoms with E-state index in [1.807, 2.05) is 24.3 Å². The lowest BCUT2D eigenvalue weighted by molar-refractivity contribution is -0.120. The van der Waals surface area contributed by atoms with Gasteiger partial charge in [-0.1, -0.05) is 24.3 Å². The van der Waals surface area contributed by atoms with Crippen molar-refractivity contribution in [2.24, 2.45) is 0 Å². The Hall–Kier alpha value is -2.56. The van der Waals surface area contributed by atoms with Crippen molar-refractivity contribution >= 4 is 5.91 Å². The summed E-state index contributed by atoms with van der Waals surface area (Å²) in [4.78, 5) is 12.0. The Bertz CT molecular complexity index is 673. The highest BCUT2D eigenvalue weighted by atomic mass is 19.1. The zero-order valence-corrected chi connectivity index (χ0v) is 13.3. The molecule has 0 aromatic heterocycles. The second kappa shape index (κ2) is 8.17. The molecule has 0 heterocycles. The van der Waals surface area contributed by atoms with Crippen molar-refractivity contribution in [2.75, 3.05) is 13.7 Å². The van der Waals surface area contributed by atoms with Crippen LogP contribution in [0.5, 0.6) is 11.5 Å². The zero-order valence-electron chi connectivity index (χ0n) is 13.3. The molecule has 5 heteroatoms. The van der Waals surface area contributed by atoms with Crippen LogP contribution in [0.4, 0.5) is 4.39 Å². The van der Waals surface area contributed by atoms with Crippen LogP contribution in [0.3, 0.4) is 0 Å². The molecular weight excluding hydrogens is 297 g/mol. The SMILES string of the molecule is CCOc1ccc(CNC(=O)Cc2ccccc2OC)cc1F. The number of rotatable bonds is 7. The number of hydrogen-bond acceptors (Lipinski definition) is 3. The van der Waals surface area contributed by atoms with Crippen molar-refractivity contribution in [1.82, 2.24) is 5.32 Å². The monoisotopic (exact) mass is 317 g/mol. The Labute approximate surface area is 135 Å². The molecule has 0 aliphatic rings. The van der Waals surface area contributed by atoms with Gasteiger partial charge in [-0.05, 0) is 30.7 Å². The summed E-state index contributed by atoms with van der Waals surface area (Å²) in [5.41, 5.74) is 1.49. The van der Waals surface area contributed by atoms with Gasteiger partial charge in [-0.25, -0.2) is 4.39 Å². The maximum Gasteiger partial charge on any atom is 0.224 e. The lowest BCUT2D eigenvalue weighted by Crippen LogP contribution is -2.24. The maximum atomic E-state index is 13.8. The van der Waals surface area contributed by atoms with Crippen molar-refractivity contribution in [2.45, 2.75) is 19.9 Å². The van der Waals surface area contributed by atoms with Crippen LogP contribution in [-0.2, 0) is 17.8 Å². The van der Waals surface area contributed by atoms with E-state index in [4.69, 9.17) is 9.47 Å². The summed E-state index contributed by atoms with van der Waals surface area (Å²) in [6.07, 6.45) is 0.212. The molecule has 1 amide bonds. The second-order valence-corrected chi connectivity index (χ2v) is 4.96. The van der Waals surface area contributed by atoms with Gasteiger partial charge in [0.15, 0.2) is 11.6 Å². The molecule has 0 unspecified atom stereocenters. The van der Waals surface area contributed by atoms with Crippen molar-refractivity contribution in [1.29, 1.82) is 0 Å². The minimum Gasteiger partial charge on any atom is -0.496 e. The fourth-order valence-corrected chi connectivity index (χ4v) is 2.21. The topological polar surface area (TPSA) is 47.6 Å². The molecule has 0 saturated carbocycles. The molecule has 0 radical (unpaired) electrons. The van der Waals surface area contributed by atoms with Crippen molar-refractivity contribution in [3.63, 3.8) is 0 Å². The summed E-state index contributed by atoms with van der Waals surface area (Å²) >= 11 is 0. The third-order valence-corrected chi connectivity index (χ3v) is 3.33. The lowest BCUT2D eigenvalue weighted by atomic mass is 10.1. The molecule has 0 bridgehead atoms. The third kappa shape index (κ3) is 4.71. The summed E-state index contributed by atoms with van der Waals surface area (Å²) < 4.78 is 24.1. The largest absolute Gasteiger partial charge is 0.496 e. The first-order valence-corrected chi connectivity index (χ1v) is 7.43. The lowest BCUT2D eigenvalue weighted by Gasteiger charge is -2.10. The molecule has 0 aliphatic heterocycles. The number of carbonyl (C=O) groups is 1. The second-order valence-electron chi connectivity index (χ2n) is 4.96. The summed E-state index contributed by atoms with van der Waals surface area (Å²) in [6.45, 7) is 2.47. The Balaban J connectivity index is 1.93. The van der Waals surface area contributed by atoms with Crippen LogP contribution in [0.1, 0.15) is 18.1 Å². The average molecular weight is 317 g/mol. The van der Waals surface area contributed by atoms with E-state index >= 15 is 0 Å². The normalized spacial score (nSPS) is 10.2. The van der Waals surface area contributed by atoms with Crippen LogP contribution in [-0.4, -0.2) is 19.6 Å². The van der Waals surface area contributed by atoms with E-state index in [9.17, 15) is 9.18 Å². The number of nitrogens with one attached hydrogen (secondary N) is 1. The van der Waals surface area contributed by atoms with Crippen molar-refractivity contribution in [3.05, 3.63) is 59.4 Å². The fourth-order valence-electron chi connectivity index (χ4n) is 2.21. The number of ether oxygens (including phenoxy) is 2. The predicted octanol–water partition coefficient (Wildman–Crippen LogP) is 3.09. The van der Waals surface area contributed by atoms with Crippen molar-refractivity contribution in [3.8, 4) is 11.5 Å². The van der Waals surface area contributed by atoms with Gasteiger partial charge in [0.1, 0.15) is 5.75 Å². The summed E-state index contributed by atoms with van der Waals surface area (Å²) in [5, 5.41) is 2.78. The quantitative estimate of drug-likeness (QED) is 0.853. The first kappa shape index (κ1) is 16.8. The van der Waals surface area contributed by atoms with Crippen LogP contribution >= 0.6 is 0 Å². The first-order chi connectivity index (χ1) is 11.1. The van der Waals surface area contributed by atoms with Gasteiger partial charge in [-0.2, -0.15) is 0 Å². The Morgan fingerprint density at radius 1 is 1.17 bits per heavy atom. The first-order valence-electron chi connectivity index (χ1n) is 7.43. The number of halogens is 1. The third-order valence-electron chi connectivity index (χ3n) is 3.33. The Morgan fingerprint density at radius 3 is 2.65 bits per heavy atom. The number of carbonyl (C=O) groups excluding carboxylic acids is 1. The van der Waals surface area contributed by atoms with Gasteiger partial charge in [0.05, 0.1) is 20.1 Å². The van der Waals surface area contributed by atoms with E-state index in [0.29, 0.717) is 17.9 Å². The summed E-state index contributed by atoms with van der Waals surface area (Å²) in [6, 6.07) is 12.0. The number of amides is 1. The van der Waals surface area contributed by atoms with E-state index in [0.717, 1.165) is 5.56 Å². The van der Waals surface area contributed by atoms with Gasteiger partial charge < -0.3 is 14.8 Å². The van der Waals surface area contributed by atoms with Gasteiger partial charge in [0, 0.05) is 12.1 Å². The number of hydrogen-bond donors (Lipinski definition) is 1. The Kier molecular flexibility index (Phi) is 5.97. The molecule has 2 rings (SSSR count). The standard InChI is InChI=1S/C18H20FNO3/c1-3-23-17-9-8-13(10-15(17)19)12-20-18(21)11-14-6-4-5-7-16(14)22-2/h4-10H,3,11-12H2,1-2H3,(H,20,21). The number of para-hydroxylation sites is 1. The molecular formula is C18H20FNO3. The van der Waals surface area contributed by atoms with E-state index < -0.39 is 5.82 Å². The van der Waals surface area contributed by atoms with Crippen LogP contribution in [0, 0.1) is 5.82 Å². The van der Waals surface area contributed by atoms with E-state index in [1.54, 1.807) is 26.2 Å². The minimum absolute atomic E-state index is 0.149. The highest BCUT2D eigenvalue weighted by Gasteiger charge is 2.09. The molecule has 0 atom stereocenters. The highest BCUT2D eigenvalue weighted by Crippen LogP contribution is 2.19. The van der Waals surface area contributed by atoms with Crippen molar-refractivity contribution < 1.29 is 18.7 Å². The summed E-state index contributed by atoms with van der Waals surface area (Å²) in [5.74, 6) is 0.318. The van der Waals surface area contributed by atoms with Gasteiger partial charge >= 0.3 is 0 Å². The maximum absolute atomic E-state index is 13.8. The van der Waals surface area contributed by atoms with E-state index in [1.165, 1.54) is 6.07 Å². The highest BCUT2D eigenvalue weighted by molar-refractivity contribution is 5.79. The molecule has 1 N–H and O–H groups in total. The number of benzene rings is 2. The summed E-state index contributed by atoms with van der Waals surface area (Å²) in [7, 11) is 1.57. The average Bonchev–Trinajstić information content (AvgIpc) is 2.56. The van der Waals surface area contributed by atoms with Crippen LogP contribution in [0.15, 0.2) is 42.5 Å². The van der Waals surface area contributed by atoms with Crippen LogP contribution in [0.25, 0.3) is 0 Å². The van der Waals surface area contributed by atoms with Crippen LogP contribution < -0.4 is 14.8 Å². The molecule has 0 spiro atoms.